The summed E-state index contributed by atoms with van der Waals surface area (Å²) >= 11 is 0. The van der Waals surface area contributed by atoms with Crippen LogP contribution in [-0.4, -0.2) is 27.4 Å². The van der Waals surface area contributed by atoms with Crippen LogP contribution in [0.2, 0.25) is 0 Å². The van der Waals surface area contributed by atoms with Gasteiger partial charge in [0.1, 0.15) is 17.3 Å². The lowest BCUT2D eigenvalue weighted by atomic mass is 9.98. The number of nitrogens with zero attached hydrogens (tertiary/aromatic N) is 3. The van der Waals surface area contributed by atoms with Gasteiger partial charge in [-0.15, -0.1) is 0 Å². The van der Waals surface area contributed by atoms with Gasteiger partial charge < -0.3 is 10.1 Å². The number of rotatable bonds is 9. The first-order valence-electron chi connectivity index (χ1n) is 12.7. The molecule has 1 aliphatic carbocycles. The minimum Gasteiger partial charge on any atom is -0.497 e. The molecule has 2 aromatic heterocycles. The summed E-state index contributed by atoms with van der Waals surface area (Å²) in [6.45, 7) is 1.94. The fraction of sp³-hybridized carbons (Fsp3) is 0.233. The highest BCUT2D eigenvalue weighted by Crippen LogP contribution is 2.40. The van der Waals surface area contributed by atoms with Crippen LogP contribution in [0.15, 0.2) is 64.2 Å². The largest absolute Gasteiger partial charge is 0.497 e. The van der Waals surface area contributed by atoms with E-state index in [2.05, 4.69) is 15.3 Å². The van der Waals surface area contributed by atoms with E-state index in [4.69, 9.17) is 4.74 Å². The fourth-order valence-electron chi connectivity index (χ4n) is 4.70. The molecule has 0 spiro atoms. The number of H-pyrrole nitrogens is 1. The molecule has 0 unspecified atom stereocenters. The first-order valence-corrected chi connectivity index (χ1v) is 12.7. The minimum atomic E-state index is -0.782. The van der Waals surface area contributed by atoms with Crippen molar-refractivity contribution in [1.82, 2.24) is 14.5 Å². The zero-order valence-corrected chi connectivity index (χ0v) is 22.0. The zero-order valence-electron chi connectivity index (χ0n) is 22.0. The standard InChI is InChI=1S/C30H26FN5O4/c1-17-9-19(14-32)11-22(10-17)28(37)27-26(21-5-6-21)29(38)35-30(39)36(27)16-20-12-24(31)34-25(13-20)33-15-18-3-7-23(40-2)8-4-18/h3-4,7-13,21H,5-6,15-16H2,1-2H3,(H,33,34)(H,35,38,39). The number of ether oxygens (including phenoxy) is 1. The molecule has 0 saturated heterocycles. The minimum absolute atomic E-state index is 0.0456. The Balaban J connectivity index is 1.52. The maximum absolute atomic E-state index is 14.6. The zero-order chi connectivity index (χ0) is 28.4. The van der Waals surface area contributed by atoms with Gasteiger partial charge in [-0.25, -0.2) is 9.78 Å². The van der Waals surface area contributed by atoms with E-state index in [0.29, 0.717) is 41.8 Å². The fourth-order valence-corrected chi connectivity index (χ4v) is 4.70. The molecular formula is C30H26FN5O4. The topological polar surface area (TPSA) is 130 Å². The molecule has 0 amide bonds. The van der Waals surface area contributed by atoms with Crippen molar-refractivity contribution >= 4 is 11.6 Å². The number of hydrogen-bond donors (Lipinski definition) is 2. The van der Waals surface area contributed by atoms with Crippen LogP contribution in [0, 0.1) is 24.2 Å². The van der Waals surface area contributed by atoms with Crippen molar-refractivity contribution < 1.29 is 13.9 Å². The highest BCUT2D eigenvalue weighted by atomic mass is 19.1. The number of carbonyl (C=O) groups is 1. The Morgan fingerprint density at radius 2 is 1.90 bits per heavy atom. The smallest absolute Gasteiger partial charge is 0.329 e. The number of hydrogen-bond acceptors (Lipinski definition) is 7. The van der Waals surface area contributed by atoms with E-state index in [-0.39, 0.29) is 35.1 Å². The van der Waals surface area contributed by atoms with Gasteiger partial charge in [-0.2, -0.15) is 9.65 Å². The Bertz CT molecular complexity index is 1770. The van der Waals surface area contributed by atoms with Gasteiger partial charge in [-0.1, -0.05) is 12.1 Å². The van der Waals surface area contributed by atoms with Gasteiger partial charge in [0.05, 0.1) is 25.3 Å². The maximum atomic E-state index is 14.6. The number of anilines is 1. The molecule has 0 radical (unpaired) electrons. The molecule has 1 fully saturated rings. The maximum Gasteiger partial charge on any atom is 0.329 e. The molecule has 2 aromatic carbocycles. The van der Waals surface area contributed by atoms with Gasteiger partial charge in [0.25, 0.3) is 5.56 Å². The summed E-state index contributed by atoms with van der Waals surface area (Å²) in [7, 11) is 1.58. The average Bonchev–Trinajstić information content (AvgIpc) is 3.77. The van der Waals surface area contributed by atoms with E-state index in [1.807, 2.05) is 30.3 Å². The number of nitriles is 1. The summed E-state index contributed by atoms with van der Waals surface area (Å²) in [5, 5.41) is 12.5. The van der Waals surface area contributed by atoms with Gasteiger partial charge in [0.15, 0.2) is 0 Å². The van der Waals surface area contributed by atoms with Crippen molar-refractivity contribution in [2.75, 3.05) is 12.4 Å². The molecule has 4 aromatic rings. The second-order valence-corrected chi connectivity index (χ2v) is 9.80. The van der Waals surface area contributed by atoms with Gasteiger partial charge in [0, 0.05) is 17.7 Å². The molecule has 1 saturated carbocycles. The van der Waals surface area contributed by atoms with Crippen molar-refractivity contribution in [1.29, 1.82) is 5.26 Å². The molecule has 2 heterocycles. The van der Waals surface area contributed by atoms with Gasteiger partial charge in [-0.05, 0) is 84.8 Å². The molecule has 2 N–H and O–H groups in total. The number of aromatic nitrogens is 3. The normalized spacial score (nSPS) is 12.6. The second kappa shape index (κ2) is 11.0. The molecule has 9 nitrogen and oxygen atoms in total. The average molecular weight is 540 g/mol. The van der Waals surface area contributed by atoms with Crippen molar-refractivity contribution in [3.05, 3.63) is 120 Å². The van der Waals surface area contributed by atoms with Crippen molar-refractivity contribution in [2.45, 2.75) is 38.8 Å². The molecule has 202 valence electrons. The Hall–Kier alpha value is -5.04. The van der Waals surface area contributed by atoms with Crippen LogP contribution in [-0.2, 0) is 13.1 Å². The third-order valence-electron chi connectivity index (χ3n) is 6.73. The van der Waals surface area contributed by atoms with Crippen LogP contribution < -0.4 is 21.3 Å². The van der Waals surface area contributed by atoms with E-state index >= 15 is 0 Å². The molecule has 0 bridgehead atoms. The predicted octanol–water partition coefficient (Wildman–Crippen LogP) is 4.03. The lowest BCUT2D eigenvalue weighted by molar-refractivity contribution is 0.102. The number of aromatic amines is 1. The second-order valence-electron chi connectivity index (χ2n) is 9.80. The number of pyridine rings is 1. The molecule has 1 aliphatic rings. The molecule has 40 heavy (non-hydrogen) atoms. The van der Waals surface area contributed by atoms with Crippen molar-refractivity contribution in [3.8, 4) is 11.8 Å². The molecule has 0 atom stereocenters. The van der Waals surface area contributed by atoms with Gasteiger partial charge >= 0.3 is 5.69 Å². The van der Waals surface area contributed by atoms with Crippen LogP contribution in [0.4, 0.5) is 10.2 Å². The number of benzene rings is 2. The molecule has 0 aliphatic heterocycles. The van der Waals surface area contributed by atoms with Crippen LogP contribution in [0.25, 0.3) is 0 Å². The highest BCUT2D eigenvalue weighted by molar-refractivity contribution is 6.09. The van der Waals surface area contributed by atoms with Gasteiger partial charge in [0.2, 0.25) is 11.7 Å². The molecule has 10 heteroatoms. The third-order valence-corrected chi connectivity index (χ3v) is 6.73. The van der Waals surface area contributed by atoms with Crippen LogP contribution in [0.5, 0.6) is 5.75 Å². The number of carbonyl (C=O) groups excluding carboxylic acids is 1. The SMILES string of the molecule is COc1ccc(CNc2cc(Cn3c(C(=O)c4cc(C)cc(C#N)c4)c(C4CC4)c(=O)[nH]c3=O)cc(F)n2)cc1. The van der Waals surface area contributed by atoms with E-state index in [9.17, 15) is 24.0 Å². The summed E-state index contributed by atoms with van der Waals surface area (Å²) < 4.78 is 20.9. The first kappa shape index (κ1) is 26.6. The van der Waals surface area contributed by atoms with E-state index in [1.165, 1.54) is 16.7 Å². The number of aryl methyl sites for hydroxylation is 1. The van der Waals surface area contributed by atoms with Crippen molar-refractivity contribution in [3.63, 3.8) is 0 Å². The molecule has 5 rings (SSSR count). The number of ketones is 1. The lowest BCUT2D eigenvalue weighted by Gasteiger charge is -2.16. The number of nitrogens with one attached hydrogen (secondary N) is 2. The third kappa shape index (κ3) is 5.68. The van der Waals surface area contributed by atoms with E-state index in [1.54, 1.807) is 32.2 Å². The summed E-state index contributed by atoms with van der Waals surface area (Å²) in [5.74, 6) is -0.508. The Labute approximate surface area is 228 Å². The Morgan fingerprint density at radius 1 is 1.15 bits per heavy atom. The number of methoxy groups -OCH3 is 1. The van der Waals surface area contributed by atoms with Crippen LogP contribution in [0.1, 0.15) is 62.6 Å². The Kier molecular flexibility index (Phi) is 7.29. The summed E-state index contributed by atoms with van der Waals surface area (Å²) in [5.41, 5.74) is 1.27. The van der Waals surface area contributed by atoms with E-state index < -0.39 is 23.0 Å². The van der Waals surface area contributed by atoms with Crippen LogP contribution in [0.3, 0.4) is 0 Å². The Morgan fingerprint density at radius 3 is 2.58 bits per heavy atom. The van der Waals surface area contributed by atoms with Crippen molar-refractivity contribution in [2.24, 2.45) is 0 Å². The first-order chi connectivity index (χ1) is 19.2. The molecular weight excluding hydrogens is 513 g/mol. The monoisotopic (exact) mass is 539 g/mol. The summed E-state index contributed by atoms with van der Waals surface area (Å²) in [4.78, 5) is 46.0. The van der Waals surface area contributed by atoms with Gasteiger partial charge in [-0.3, -0.25) is 19.1 Å². The summed E-state index contributed by atoms with van der Waals surface area (Å²) in [6, 6.07) is 16.9. The lowest BCUT2D eigenvalue weighted by Crippen LogP contribution is -2.37. The van der Waals surface area contributed by atoms with Crippen LogP contribution >= 0.6 is 0 Å². The summed E-state index contributed by atoms with van der Waals surface area (Å²) in [6.07, 6.45) is 1.42. The highest BCUT2D eigenvalue weighted by Gasteiger charge is 2.34. The quantitative estimate of drug-likeness (QED) is 0.243. The predicted molar refractivity (Wildman–Crippen MR) is 146 cm³/mol. The number of halogens is 1. The van der Waals surface area contributed by atoms with E-state index in [0.717, 1.165) is 5.56 Å².